The number of unbranched alkanes of at least 4 members (excludes halogenated alkanes) is 1. The minimum Gasteiger partial charge on any atom is -0.214 e. The van der Waals surface area contributed by atoms with E-state index in [-0.39, 0.29) is 5.75 Å². The Kier molecular flexibility index (Phi) is 7.19. The molecule has 2 rings (SSSR count). The number of nitrogens with zero attached hydrogens (tertiary/aromatic N) is 4. The van der Waals surface area contributed by atoms with Crippen molar-refractivity contribution in [2.45, 2.75) is 38.3 Å². The molecule has 0 aliphatic rings. The first-order chi connectivity index (χ1) is 11.6. The molecular weight excluding hydrogens is 346 g/mol. The van der Waals surface area contributed by atoms with Crippen LogP contribution in [0.2, 0.25) is 0 Å². The molecule has 0 unspecified atom stereocenters. The molecule has 0 aliphatic carbocycles. The van der Waals surface area contributed by atoms with Gasteiger partial charge in [-0.2, -0.15) is 4.68 Å². The van der Waals surface area contributed by atoms with Crippen molar-refractivity contribution >= 4 is 21.8 Å². The third kappa shape index (κ3) is 5.57. The Hall–Kier alpha value is -1.45. The van der Waals surface area contributed by atoms with Gasteiger partial charge in [0.2, 0.25) is 15.2 Å². The predicted octanol–water partition coefficient (Wildman–Crippen LogP) is 2.04. The zero-order valence-electron chi connectivity index (χ0n) is 14.0. The Balaban J connectivity index is 1.94. The van der Waals surface area contributed by atoms with E-state index in [0.29, 0.717) is 17.5 Å². The number of sulfonamides is 1. The van der Waals surface area contributed by atoms with E-state index < -0.39 is 10.0 Å². The van der Waals surface area contributed by atoms with Crippen molar-refractivity contribution in [3.63, 3.8) is 0 Å². The second-order valence-electron chi connectivity index (χ2n) is 5.29. The molecule has 1 N–H and O–H groups in total. The molecule has 1 aromatic heterocycles. The largest absolute Gasteiger partial charge is 0.214 e. The first kappa shape index (κ1) is 18.9. The molecule has 0 amide bonds. The Morgan fingerprint density at radius 3 is 2.62 bits per heavy atom. The van der Waals surface area contributed by atoms with Crippen LogP contribution in [0, 0.1) is 0 Å². The molecule has 2 aromatic rings. The number of tetrazole rings is 1. The third-order valence-electron chi connectivity index (χ3n) is 3.48. The molecule has 0 bridgehead atoms. The molecule has 24 heavy (non-hydrogen) atoms. The number of hydrogen-bond acceptors (Lipinski definition) is 6. The SMILES string of the molecule is CCCCc1ccc(-n2nnnc2SCCNS(=O)(=O)CC)cc1. The van der Waals surface area contributed by atoms with Gasteiger partial charge < -0.3 is 0 Å². The van der Waals surface area contributed by atoms with E-state index in [1.165, 1.54) is 30.2 Å². The molecular formula is C15H23N5O2S2. The Labute approximate surface area is 147 Å². The maximum Gasteiger partial charge on any atom is 0.214 e. The molecule has 0 aliphatic heterocycles. The van der Waals surface area contributed by atoms with E-state index in [9.17, 15) is 8.42 Å². The molecule has 0 atom stereocenters. The first-order valence-corrected chi connectivity index (χ1v) is 10.7. The highest BCUT2D eigenvalue weighted by atomic mass is 32.2. The number of thioether (sulfide) groups is 1. The highest BCUT2D eigenvalue weighted by Crippen LogP contribution is 2.18. The van der Waals surface area contributed by atoms with Gasteiger partial charge in [0.25, 0.3) is 0 Å². The molecule has 132 valence electrons. The molecule has 7 nitrogen and oxygen atoms in total. The number of rotatable bonds is 10. The van der Waals surface area contributed by atoms with Gasteiger partial charge in [0.05, 0.1) is 11.4 Å². The summed E-state index contributed by atoms with van der Waals surface area (Å²) in [5, 5.41) is 12.4. The summed E-state index contributed by atoms with van der Waals surface area (Å²) in [6.45, 7) is 4.14. The van der Waals surface area contributed by atoms with Crippen LogP contribution in [-0.2, 0) is 16.4 Å². The van der Waals surface area contributed by atoms with Gasteiger partial charge in [0.15, 0.2) is 0 Å². The zero-order chi connectivity index (χ0) is 17.4. The van der Waals surface area contributed by atoms with Gasteiger partial charge in [-0.15, -0.1) is 5.10 Å². The van der Waals surface area contributed by atoms with Crippen LogP contribution in [0.1, 0.15) is 32.3 Å². The summed E-state index contributed by atoms with van der Waals surface area (Å²) >= 11 is 1.42. The lowest BCUT2D eigenvalue weighted by Crippen LogP contribution is -2.27. The number of benzene rings is 1. The predicted molar refractivity (Wildman–Crippen MR) is 96.0 cm³/mol. The lowest BCUT2D eigenvalue weighted by Gasteiger charge is -2.06. The number of hydrogen-bond donors (Lipinski definition) is 1. The number of aryl methyl sites for hydroxylation is 1. The summed E-state index contributed by atoms with van der Waals surface area (Å²) in [6.07, 6.45) is 3.43. The smallest absolute Gasteiger partial charge is 0.214 e. The summed E-state index contributed by atoms with van der Waals surface area (Å²) in [5.41, 5.74) is 2.20. The standard InChI is InChI=1S/C15H23N5O2S2/c1-3-5-6-13-7-9-14(10-8-13)20-15(17-18-19-20)23-12-11-16-24(21,22)4-2/h7-10,16H,3-6,11-12H2,1-2H3. The minimum atomic E-state index is -3.16. The number of nitrogens with one attached hydrogen (secondary N) is 1. The molecule has 0 radical (unpaired) electrons. The van der Waals surface area contributed by atoms with Crippen molar-refractivity contribution in [1.82, 2.24) is 24.9 Å². The fraction of sp³-hybridized carbons (Fsp3) is 0.533. The van der Waals surface area contributed by atoms with Crippen LogP contribution in [0.5, 0.6) is 0 Å². The van der Waals surface area contributed by atoms with E-state index in [1.807, 2.05) is 12.1 Å². The maximum atomic E-state index is 11.4. The summed E-state index contributed by atoms with van der Waals surface area (Å²) in [5.74, 6) is 0.647. The van der Waals surface area contributed by atoms with Gasteiger partial charge in [-0.05, 0) is 47.9 Å². The average Bonchev–Trinajstić information content (AvgIpc) is 3.06. The molecule has 1 heterocycles. The molecule has 0 fully saturated rings. The summed E-state index contributed by atoms with van der Waals surface area (Å²) in [6, 6.07) is 8.20. The average molecular weight is 370 g/mol. The fourth-order valence-electron chi connectivity index (χ4n) is 2.06. The van der Waals surface area contributed by atoms with Crippen molar-refractivity contribution in [1.29, 1.82) is 0 Å². The van der Waals surface area contributed by atoms with E-state index in [0.717, 1.165) is 12.1 Å². The van der Waals surface area contributed by atoms with E-state index in [4.69, 9.17) is 0 Å². The minimum absolute atomic E-state index is 0.0831. The molecule has 1 aromatic carbocycles. The Bertz CT molecular complexity index is 729. The number of aromatic nitrogens is 4. The molecule has 0 spiro atoms. The van der Waals surface area contributed by atoms with Crippen LogP contribution >= 0.6 is 11.8 Å². The first-order valence-electron chi connectivity index (χ1n) is 8.03. The lowest BCUT2D eigenvalue weighted by molar-refractivity contribution is 0.585. The van der Waals surface area contributed by atoms with Crippen molar-refractivity contribution in [3.8, 4) is 5.69 Å². The second-order valence-corrected chi connectivity index (χ2v) is 8.45. The van der Waals surface area contributed by atoms with Gasteiger partial charge >= 0.3 is 0 Å². The third-order valence-corrected chi connectivity index (χ3v) is 5.80. The van der Waals surface area contributed by atoms with Crippen LogP contribution in [-0.4, -0.2) is 46.7 Å². The molecule has 9 heteroatoms. The second kappa shape index (κ2) is 9.14. The van der Waals surface area contributed by atoms with Crippen molar-refractivity contribution in [3.05, 3.63) is 29.8 Å². The topological polar surface area (TPSA) is 89.8 Å². The van der Waals surface area contributed by atoms with Crippen molar-refractivity contribution < 1.29 is 8.42 Å². The van der Waals surface area contributed by atoms with Gasteiger partial charge in [-0.3, -0.25) is 0 Å². The molecule has 0 saturated carbocycles. The monoisotopic (exact) mass is 369 g/mol. The summed E-state index contributed by atoms with van der Waals surface area (Å²) in [4.78, 5) is 0. The quantitative estimate of drug-likeness (QED) is 0.509. The maximum absolute atomic E-state index is 11.4. The molecule has 0 saturated heterocycles. The fourth-order valence-corrected chi connectivity index (χ4v) is 3.55. The highest BCUT2D eigenvalue weighted by Gasteiger charge is 2.10. The summed E-state index contributed by atoms with van der Waals surface area (Å²) < 4.78 is 27.0. The zero-order valence-corrected chi connectivity index (χ0v) is 15.6. The van der Waals surface area contributed by atoms with Crippen molar-refractivity contribution in [2.75, 3.05) is 18.1 Å². The van der Waals surface area contributed by atoms with Crippen LogP contribution in [0.4, 0.5) is 0 Å². The van der Waals surface area contributed by atoms with Gasteiger partial charge in [-0.1, -0.05) is 37.2 Å². The van der Waals surface area contributed by atoms with Gasteiger partial charge in [0.1, 0.15) is 0 Å². The lowest BCUT2D eigenvalue weighted by atomic mass is 10.1. The Morgan fingerprint density at radius 2 is 1.96 bits per heavy atom. The Morgan fingerprint density at radius 1 is 1.21 bits per heavy atom. The van der Waals surface area contributed by atoms with E-state index in [1.54, 1.807) is 11.6 Å². The van der Waals surface area contributed by atoms with Crippen molar-refractivity contribution in [2.24, 2.45) is 0 Å². The van der Waals surface area contributed by atoms with Gasteiger partial charge in [0, 0.05) is 12.3 Å². The van der Waals surface area contributed by atoms with Gasteiger partial charge in [-0.25, -0.2) is 13.1 Å². The summed E-state index contributed by atoms with van der Waals surface area (Å²) in [7, 11) is -3.16. The highest BCUT2D eigenvalue weighted by molar-refractivity contribution is 7.99. The van der Waals surface area contributed by atoms with E-state index >= 15 is 0 Å². The normalized spacial score (nSPS) is 11.8. The van der Waals surface area contributed by atoms with Crippen LogP contribution in [0.25, 0.3) is 5.69 Å². The van der Waals surface area contributed by atoms with Crippen LogP contribution < -0.4 is 4.72 Å². The van der Waals surface area contributed by atoms with E-state index in [2.05, 4.69) is 39.3 Å². The van der Waals surface area contributed by atoms with Crippen LogP contribution in [0.15, 0.2) is 29.4 Å². The van der Waals surface area contributed by atoms with Crippen LogP contribution in [0.3, 0.4) is 0 Å².